The van der Waals surface area contributed by atoms with Crippen molar-refractivity contribution in [1.29, 1.82) is 0 Å². The molecule has 110 valence electrons. The van der Waals surface area contributed by atoms with Gasteiger partial charge in [-0.15, -0.1) is 0 Å². The fourth-order valence-electron chi connectivity index (χ4n) is 2.09. The normalized spacial score (nSPS) is 10.5. The number of anilines is 1. The molecule has 0 saturated carbocycles. The van der Waals surface area contributed by atoms with E-state index < -0.39 is 0 Å². The Labute approximate surface area is 128 Å². The zero-order chi connectivity index (χ0) is 15.5. The lowest BCUT2D eigenvalue weighted by Gasteiger charge is -2.08. The van der Waals surface area contributed by atoms with Crippen LogP contribution in [0.15, 0.2) is 55.2 Å². The van der Waals surface area contributed by atoms with E-state index in [1.165, 1.54) is 5.56 Å². The van der Waals surface area contributed by atoms with E-state index in [2.05, 4.69) is 15.3 Å². The highest BCUT2D eigenvalue weighted by molar-refractivity contribution is 6.04. The number of hydrogen-bond donors (Lipinski definition) is 1. The van der Waals surface area contributed by atoms with Gasteiger partial charge >= 0.3 is 0 Å². The van der Waals surface area contributed by atoms with Gasteiger partial charge in [0.2, 0.25) is 0 Å². The number of hydrogen-bond acceptors (Lipinski definition) is 3. The van der Waals surface area contributed by atoms with E-state index in [0.29, 0.717) is 5.56 Å². The molecule has 0 atom stereocenters. The van der Waals surface area contributed by atoms with Gasteiger partial charge in [0, 0.05) is 24.3 Å². The average Bonchev–Trinajstić information content (AvgIpc) is 3.05. The minimum absolute atomic E-state index is 0.173. The van der Waals surface area contributed by atoms with E-state index in [0.717, 1.165) is 17.1 Å². The Hall–Kier alpha value is -2.95. The number of nitrogens with zero attached hydrogens (tertiary/aromatic N) is 3. The summed E-state index contributed by atoms with van der Waals surface area (Å²) in [4.78, 5) is 20.5. The lowest BCUT2D eigenvalue weighted by Crippen LogP contribution is -2.12. The Morgan fingerprint density at radius 2 is 2.00 bits per heavy atom. The standard InChI is InChI=1S/C17H16N4O/c1-12-3-5-15(9-13(12)2)20-17(22)14-4-6-16(19-10-14)21-8-7-18-11-21/h3-11H,1-2H3,(H,20,22). The van der Waals surface area contributed by atoms with Crippen LogP contribution in [0, 0.1) is 13.8 Å². The summed E-state index contributed by atoms with van der Waals surface area (Å²) in [5.41, 5.74) is 3.64. The molecular formula is C17H16N4O. The summed E-state index contributed by atoms with van der Waals surface area (Å²) in [6.07, 6.45) is 6.71. The van der Waals surface area contributed by atoms with Crippen LogP contribution >= 0.6 is 0 Å². The van der Waals surface area contributed by atoms with E-state index in [1.54, 1.807) is 41.6 Å². The number of carbonyl (C=O) groups is 1. The topological polar surface area (TPSA) is 59.8 Å². The van der Waals surface area contributed by atoms with Crippen LogP contribution < -0.4 is 5.32 Å². The Morgan fingerprint density at radius 1 is 1.14 bits per heavy atom. The fourth-order valence-corrected chi connectivity index (χ4v) is 2.09. The van der Waals surface area contributed by atoms with Crippen molar-refractivity contribution >= 4 is 11.6 Å². The van der Waals surface area contributed by atoms with E-state index >= 15 is 0 Å². The summed E-state index contributed by atoms with van der Waals surface area (Å²) in [5.74, 6) is 0.549. The van der Waals surface area contributed by atoms with Crippen LogP contribution in [0.5, 0.6) is 0 Å². The number of aromatic nitrogens is 3. The van der Waals surface area contributed by atoms with Crippen molar-refractivity contribution in [2.75, 3.05) is 5.32 Å². The van der Waals surface area contributed by atoms with E-state index in [1.807, 2.05) is 32.0 Å². The second-order valence-electron chi connectivity index (χ2n) is 5.13. The SMILES string of the molecule is Cc1ccc(NC(=O)c2ccc(-n3ccnc3)nc2)cc1C. The number of aryl methyl sites for hydroxylation is 2. The molecule has 0 fully saturated rings. The summed E-state index contributed by atoms with van der Waals surface area (Å²) >= 11 is 0. The molecule has 3 rings (SSSR count). The molecular weight excluding hydrogens is 276 g/mol. The maximum Gasteiger partial charge on any atom is 0.257 e. The lowest BCUT2D eigenvalue weighted by molar-refractivity contribution is 0.102. The summed E-state index contributed by atoms with van der Waals surface area (Å²) in [5, 5.41) is 2.88. The third kappa shape index (κ3) is 2.88. The number of pyridine rings is 1. The molecule has 0 unspecified atom stereocenters. The van der Waals surface area contributed by atoms with Gasteiger partial charge in [-0.3, -0.25) is 9.36 Å². The Morgan fingerprint density at radius 3 is 2.64 bits per heavy atom. The molecule has 5 nitrogen and oxygen atoms in total. The summed E-state index contributed by atoms with van der Waals surface area (Å²) < 4.78 is 1.78. The molecule has 2 aromatic heterocycles. The van der Waals surface area contributed by atoms with Gasteiger partial charge in [-0.1, -0.05) is 6.07 Å². The second kappa shape index (κ2) is 5.81. The molecule has 3 aromatic rings. The quantitative estimate of drug-likeness (QED) is 0.806. The van der Waals surface area contributed by atoms with Crippen molar-refractivity contribution in [3.8, 4) is 5.82 Å². The maximum absolute atomic E-state index is 12.2. The fraction of sp³-hybridized carbons (Fsp3) is 0.118. The van der Waals surface area contributed by atoms with E-state index in [-0.39, 0.29) is 5.91 Å². The molecule has 0 saturated heterocycles. The van der Waals surface area contributed by atoms with Crippen LogP contribution in [0.1, 0.15) is 21.5 Å². The first-order valence-corrected chi connectivity index (χ1v) is 6.96. The van der Waals surface area contributed by atoms with Crippen LogP contribution in [0.4, 0.5) is 5.69 Å². The number of imidazole rings is 1. The van der Waals surface area contributed by atoms with Gasteiger partial charge in [0.1, 0.15) is 12.1 Å². The van der Waals surface area contributed by atoms with Gasteiger partial charge in [-0.05, 0) is 49.2 Å². The molecule has 0 bridgehead atoms. The Bertz CT molecular complexity index is 792. The Balaban J connectivity index is 1.76. The number of amides is 1. The van der Waals surface area contributed by atoms with Crippen molar-refractivity contribution in [2.24, 2.45) is 0 Å². The highest BCUT2D eigenvalue weighted by Crippen LogP contribution is 2.15. The van der Waals surface area contributed by atoms with Gasteiger partial charge in [-0.25, -0.2) is 9.97 Å². The van der Waals surface area contributed by atoms with Crippen molar-refractivity contribution in [3.63, 3.8) is 0 Å². The number of benzene rings is 1. The molecule has 0 aliphatic rings. The predicted molar refractivity (Wildman–Crippen MR) is 85.2 cm³/mol. The first-order chi connectivity index (χ1) is 10.6. The molecule has 2 heterocycles. The van der Waals surface area contributed by atoms with Crippen molar-refractivity contribution < 1.29 is 4.79 Å². The van der Waals surface area contributed by atoms with Crippen molar-refractivity contribution in [2.45, 2.75) is 13.8 Å². The van der Waals surface area contributed by atoms with Crippen LogP contribution in [0.3, 0.4) is 0 Å². The van der Waals surface area contributed by atoms with E-state index in [9.17, 15) is 4.79 Å². The first kappa shape index (κ1) is 14.0. The minimum atomic E-state index is -0.173. The molecule has 1 N–H and O–H groups in total. The average molecular weight is 292 g/mol. The van der Waals surface area contributed by atoms with Crippen LogP contribution in [-0.2, 0) is 0 Å². The van der Waals surface area contributed by atoms with Crippen LogP contribution in [0.25, 0.3) is 5.82 Å². The summed E-state index contributed by atoms with van der Waals surface area (Å²) in [7, 11) is 0. The highest BCUT2D eigenvalue weighted by Gasteiger charge is 2.08. The molecule has 0 aliphatic heterocycles. The molecule has 22 heavy (non-hydrogen) atoms. The zero-order valence-electron chi connectivity index (χ0n) is 12.4. The van der Waals surface area contributed by atoms with Gasteiger partial charge in [0.05, 0.1) is 5.56 Å². The molecule has 1 aromatic carbocycles. The number of nitrogens with one attached hydrogen (secondary N) is 1. The third-order valence-corrected chi connectivity index (χ3v) is 3.54. The molecule has 0 aliphatic carbocycles. The largest absolute Gasteiger partial charge is 0.322 e. The molecule has 5 heteroatoms. The summed E-state index contributed by atoms with van der Waals surface area (Å²) in [6, 6.07) is 9.38. The van der Waals surface area contributed by atoms with Gasteiger partial charge in [0.15, 0.2) is 0 Å². The zero-order valence-corrected chi connectivity index (χ0v) is 12.4. The Kier molecular flexibility index (Phi) is 3.70. The van der Waals surface area contributed by atoms with Crippen molar-refractivity contribution in [3.05, 3.63) is 71.9 Å². The lowest BCUT2D eigenvalue weighted by atomic mass is 10.1. The maximum atomic E-state index is 12.2. The molecule has 0 spiro atoms. The third-order valence-electron chi connectivity index (χ3n) is 3.54. The van der Waals surface area contributed by atoms with Crippen LogP contribution in [-0.4, -0.2) is 20.4 Å². The van der Waals surface area contributed by atoms with Gasteiger partial charge in [-0.2, -0.15) is 0 Å². The summed E-state index contributed by atoms with van der Waals surface area (Å²) in [6.45, 7) is 4.06. The number of carbonyl (C=O) groups excluding carboxylic acids is 1. The molecule has 1 amide bonds. The number of rotatable bonds is 3. The predicted octanol–water partition coefficient (Wildman–Crippen LogP) is 3.14. The monoisotopic (exact) mass is 292 g/mol. The van der Waals surface area contributed by atoms with Crippen molar-refractivity contribution in [1.82, 2.24) is 14.5 Å². The second-order valence-corrected chi connectivity index (χ2v) is 5.13. The highest BCUT2D eigenvalue weighted by atomic mass is 16.1. The smallest absolute Gasteiger partial charge is 0.257 e. The van der Waals surface area contributed by atoms with Gasteiger partial charge < -0.3 is 5.32 Å². The van der Waals surface area contributed by atoms with Gasteiger partial charge in [0.25, 0.3) is 5.91 Å². The molecule has 0 radical (unpaired) electrons. The first-order valence-electron chi connectivity index (χ1n) is 6.96. The minimum Gasteiger partial charge on any atom is -0.322 e. The van der Waals surface area contributed by atoms with Crippen LogP contribution in [0.2, 0.25) is 0 Å². The van der Waals surface area contributed by atoms with E-state index in [4.69, 9.17) is 0 Å².